The molecule has 0 nitrogen and oxygen atoms in total. The van der Waals surface area contributed by atoms with E-state index in [0.29, 0.717) is 0 Å². The second-order valence-electron chi connectivity index (χ2n) is 25.0. The average molecular weight is 1560 g/mol. The van der Waals surface area contributed by atoms with Crippen molar-refractivity contribution < 1.29 is 123 Å². The fourth-order valence-corrected chi connectivity index (χ4v) is 20.4. The molecule has 0 spiro atoms. The first-order chi connectivity index (χ1) is 52.3. The summed E-state index contributed by atoms with van der Waals surface area (Å²) in [6.07, 6.45) is -8.05. The summed E-state index contributed by atoms with van der Waals surface area (Å²) in [7, 11) is -2.49. The van der Waals surface area contributed by atoms with Crippen LogP contribution >= 0.6 is 7.26 Å². The van der Waals surface area contributed by atoms with Gasteiger partial charge in [-0.25, -0.2) is 123 Å². The average Bonchev–Trinajstić information content (AvgIpc) is 0.666. The summed E-state index contributed by atoms with van der Waals surface area (Å²) in [5.41, 5.74) is -15.5. The van der Waals surface area contributed by atoms with Gasteiger partial charge < -0.3 is 0 Å². The molecule has 30 heteroatoms. The van der Waals surface area contributed by atoms with Crippen LogP contribution in [-0.2, 0) is 0 Å². The molecular formula is C80H28BF28P. The summed E-state index contributed by atoms with van der Waals surface area (Å²) >= 11 is 0. The first-order valence-electron chi connectivity index (χ1n) is 31.6. The minimum absolute atomic E-state index is 1.27. The SMILES string of the molecule is Fc1c(F)c(F)c2c([B-](c3c(F)c(F)c(F)c4c(F)c(F)c(F)c(F)c34)(c3c(F)c(F)c(F)c4c(F)c(F)c(F)c(F)c34)c3c(F)c(F)c(F)c4c(F)c(F)c(F)c(F)c34)c(F)c(F)c(F)c2c1F.c1ccc2c([P+](c3cccc4ccccc34)(c3cccc4ccccc34)c3cccc4ccccc34)cccc2c1. The fraction of sp³-hybridized carbons (Fsp3) is 0. The lowest BCUT2D eigenvalue weighted by Crippen LogP contribution is -2.79. The molecule has 0 fully saturated rings. The normalized spacial score (nSPS) is 12.2. The van der Waals surface area contributed by atoms with Crippen molar-refractivity contribution in [1.82, 2.24) is 0 Å². The molecule has 0 saturated heterocycles. The maximum Gasteiger partial charge on any atom is 0.198 e. The topological polar surface area (TPSA) is 0 Å². The van der Waals surface area contributed by atoms with Crippen molar-refractivity contribution in [3.8, 4) is 0 Å². The van der Waals surface area contributed by atoms with Crippen LogP contribution in [0.1, 0.15) is 0 Å². The van der Waals surface area contributed by atoms with Crippen LogP contribution < -0.4 is 43.1 Å². The van der Waals surface area contributed by atoms with Gasteiger partial charge in [-0.3, -0.25) is 0 Å². The summed E-state index contributed by atoms with van der Waals surface area (Å²) in [5, 5.41) is -11.0. The van der Waals surface area contributed by atoms with Crippen LogP contribution in [0.2, 0.25) is 0 Å². The highest BCUT2D eigenvalue weighted by Crippen LogP contribution is 2.59. The van der Waals surface area contributed by atoms with E-state index in [2.05, 4.69) is 170 Å². The first-order valence-corrected chi connectivity index (χ1v) is 33.4. The molecule has 0 saturated carbocycles. The van der Waals surface area contributed by atoms with Crippen LogP contribution in [0.15, 0.2) is 170 Å². The molecule has 0 atom stereocenters. The van der Waals surface area contributed by atoms with Gasteiger partial charge in [0.05, 0.1) is 21.5 Å². The van der Waals surface area contributed by atoms with Crippen LogP contribution in [0.5, 0.6) is 0 Å². The zero-order valence-electron chi connectivity index (χ0n) is 53.8. The van der Waals surface area contributed by atoms with Crippen molar-refractivity contribution in [3.63, 3.8) is 0 Å². The third kappa shape index (κ3) is 9.92. The number of hydrogen-bond acceptors (Lipinski definition) is 0. The standard InChI is InChI=1S/C40BF28.C40H28P/c42-13-1-5(21(50)37(66)33(13)62)17(46)29(58)25(54)9(1)41(10-2-6(18(47)30(59)26(10)55)22(51)38(67)34(63)14(2)43,11-3-7(19(48)31(60)27(11)56)23(52)39(68)35(64)15(3)44)12-4-8(20(49)32(61)28(12)57)24(53)40(69)36(65)16(4)45;1-5-21-33-29(13-1)17-9-25-37(33)41(38-26-10-18-30-14-2-6-22-34(30)38,39-27-11-19-31-15-3-7-23-35(31)39)40-28-12-20-32-16-4-8-24-36(32)40/h;1-28H/q-1;+1. The van der Waals surface area contributed by atoms with E-state index in [1.807, 2.05) is 0 Å². The predicted molar refractivity (Wildman–Crippen MR) is 360 cm³/mol. The Morgan fingerprint density at radius 2 is 0.291 bits per heavy atom. The number of halogens is 28. The largest absolute Gasteiger partial charge is 0.207 e. The lowest BCUT2D eigenvalue weighted by atomic mass is 9.11. The summed E-state index contributed by atoms with van der Waals surface area (Å²) in [6.45, 7) is 0. The van der Waals surface area contributed by atoms with Crippen molar-refractivity contribution in [2.45, 2.75) is 0 Å². The molecule has 0 aliphatic rings. The summed E-state index contributed by atoms with van der Waals surface area (Å²) < 4.78 is 446. The van der Waals surface area contributed by atoms with Gasteiger partial charge in [0.25, 0.3) is 0 Å². The smallest absolute Gasteiger partial charge is 0.198 e. The molecular weight excluding hydrogens is 1530 g/mol. The Morgan fingerprint density at radius 3 is 0.473 bits per heavy atom. The Hall–Kier alpha value is -11.9. The minimum atomic E-state index is -8.05. The van der Waals surface area contributed by atoms with E-state index >= 15 is 105 Å². The molecule has 0 radical (unpaired) electrons. The Morgan fingerprint density at radius 1 is 0.145 bits per heavy atom. The Kier molecular flexibility index (Phi) is 17.7. The monoisotopic (exact) mass is 1560 g/mol. The second kappa shape index (κ2) is 26.5. The molecule has 0 unspecified atom stereocenters. The van der Waals surface area contributed by atoms with E-state index in [0.717, 1.165) is 0 Å². The van der Waals surface area contributed by atoms with Crippen LogP contribution in [0.3, 0.4) is 0 Å². The molecule has 0 aliphatic heterocycles. The molecule has 0 N–H and O–H groups in total. The van der Waals surface area contributed by atoms with Gasteiger partial charge in [-0.15, -0.1) is 21.9 Å². The quantitative estimate of drug-likeness (QED) is 0.0468. The zero-order chi connectivity index (χ0) is 78.8. The molecule has 16 aromatic carbocycles. The van der Waals surface area contributed by atoms with Gasteiger partial charge in [-0.2, -0.15) is 0 Å². The molecule has 16 aromatic rings. The highest BCUT2D eigenvalue weighted by Gasteiger charge is 2.54. The van der Waals surface area contributed by atoms with Crippen molar-refractivity contribution in [2.24, 2.45) is 0 Å². The van der Waals surface area contributed by atoms with Crippen LogP contribution in [0, 0.1) is 163 Å². The van der Waals surface area contributed by atoms with Gasteiger partial charge in [0, 0.05) is 21.5 Å². The van der Waals surface area contributed by atoms with Gasteiger partial charge in [0.2, 0.25) is 0 Å². The molecule has 0 aliphatic carbocycles. The number of fused-ring (bicyclic) bond motifs is 8. The van der Waals surface area contributed by atoms with Gasteiger partial charge >= 0.3 is 0 Å². The number of hydrogen-bond donors (Lipinski definition) is 0. The number of benzene rings is 16. The van der Waals surface area contributed by atoms with Crippen molar-refractivity contribution >= 4 is 143 Å². The van der Waals surface area contributed by atoms with E-state index < -0.39 is 241 Å². The molecule has 552 valence electrons. The summed E-state index contributed by atoms with van der Waals surface area (Å²) in [4.78, 5) is 0. The third-order valence-corrected chi connectivity index (χ3v) is 24.2. The Bertz CT molecular complexity index is 5940. The summed E-state index contributed by atoms with van der Waals surface area (Å²) in [6, 6.07) is 63.3. The number of rotatable bonds is 8. The highest BCUT2D eigenvalue weighted by atomic mass is 31.2. The Balaban J connectivity index is 0.000000198. The highest BCUT2D eigenvalue weighted by molar-refractivity contribution is 8.02. The first kappa shape index (κ1) is 73.6. The Labute approximate surface area is 596 Å². The van der Waals surface area contributed by atoms with Gasteiger partial charge in [0.1, 0.15) is 57.9 Å². The summed E-state index contributed by atoms with van der Waals surface area (Å²) in [5.74, 6) is -104. The molecule has 16 rings (SSSR count). The molecule has 0 amide bonds. The van der Waals surface area contributed by atoms with Crippen molar-refractivity contribution in [3.05, 3.63) is 333 Å². The van der Waals surface area contributed by atoms with E-state index in [1.165, 1.54) is 64.3 Å². The second-order valence-corrected chi connectivity index (χ2v) is 28.2. The van der Waals surface area contributed by atoms with E-state index in [9.17, 15) is 17.6 Å². The minimum Gasteiger partial charge on any atom is -0.207 e. The van der Waals surface area contributed by atoms with E-state index in [-0.39, 0.29) is 0 Å². The van der Waals surface area contributed by atoms with Crippen LogP contribution in [0.4, 0.5) is 123 Å². The third-order valence-electron chi connectivity index (χ3n) is 19.8. The van der Waals surface area contributed by atoms with E-state index in [1.54, 1.807) is 0 Å². The van der Waals surface area contributed by atoms with Gasteiger partial charge in [0.15, 0.2) is 140 Å². The molecule has 0 heterocycles. The molecule has 110 heavy (non-hydrogen) atoms. The lowest BCUT2D eigenvalue weighted by molar-refractivity contribution is 0.410. The zero-order valence-corrected chi connectivity index (χ0v) is 54.7. The van der Waals surface area contributed by atoms with Crippen molar-refractivity contribution in [2.75, 3.05) is 0 Å². The maximum atomic E-state index is 17.3. The van der Waals surface area contributed by atoms with Crippen molar-refractivity contribution in [1.29, 1.82) is 0 Å². The van der Waals surface area contributed by atoms with Crippen LogP contribution in [0.25, 0.3) is 86.2 Å². The maximum absolute atomic E-state index is 17.3. The van der Waals surface area contributed by atoms with Gasteiger partial charge in [-0.05, 0) is 67.4 Å². The molecule has 0 bridgehead atoms. The fourth-order valence-electron chi connectivity index (χ4n) is 15.4. The molecule has 0 aromatic heterocycles. The predicted octanol–water partition coefficient (Wildman–Crippen LogP) is 20.5. The lowest BCUT2D eigenvalue weighted by Gasteiger charge is -2.47. The van der Waals surface area contributed by atoms with E-state index in [4.69, 9.17) is 0 Å². The van der Waals surface area contributed by atoms with Crippen LogP contribution in [-0.4, -0.2) is 6.15 Å². The van der Waals surface area contributed by atoms with Gasteiger partial charge in [-0.1, -0.05) is 146 Å².